The Labute approximate surface area is 71.3 Å². The average Bonchev–Trinajstić information content (AvgIpc) is 1.36. The number of hydrogen-bond acceptors (Lipinski definition) is 1. The van der Waals surface area contributed by atoms with Crippen LogP contribution in [0.25, 0.3) is 0 Å². The quantitative estimate of drug-likeness (QED) is 0.195. The molecule has 0 saturated carbocycles. The van der Waals surface area contributed by atoms with Gasteiger partial charge in [-0.1, -0.05) is 0 Å². The molecule has 0 aromatic heterocycles. The Morgan fingerprint density at radius 3 is 1.25 bits per heavy atom. The van der Waals surface area contributed by atoms with E-state index in [1.165, 1.54) is 0 Å². The minimum atomic E-state index is -4.64. The molecule has 0 spiro atoms. The van der Waals surface area contributed by atoms with Crippen molar-refractivity contribution in [1.82, 2.24) is 0 Å². The Kier molecular flexibility index (Phi) is 15.6. The molecule has 0 bridgehead atoms. The summed E-state index contributed by atoms with van der Waals surface area (Å²) in [6.45, 7) is 6.00. The van der Waals surface area contributed by atoms with Crippen LogP contribution in [0, 0.1) is 0 Å². The van der Waals surface area contributed by atoms with Gasteiger partial charge in [0.25, 0.3) is 0 Å². The minimum absolute atomic E-state index is 0. The van der Waals surface area contributed by atoms with Gasteiger partial charge in [-0.3, -0.25) is 0 Å². The Hall–Kier alpha value is 0.850. The summed E-state index contributed by atoms with van der Waals surface area (Å²) in [6, 6.07) is 0. The van der Waals surface area contributed by atoms with Gasteiger partial charge in [0.15, 0.2) is 0 Å². The Morgan fingerprint density at radius 2 is 1.25 bits per heavy atom. The second-order valence-corrected chi connectivity index (χ2v) is 1.54. The first-order chi connectivity index (χ1) is 3.00. The predicted molar refractivity (Wildman–Crippen MR) is 26.6 cm³/mol. The zero-order valence-electron chi connectivity index (χ0n) is 5.61. The number of hydrogen-bond donors (Lipinski definition) is 3. The maximum absolute atomic E-state index is 8.88. The van der Waals surface area contributed by atoms with E-state index in [1.807, 2.05) is 0 Å². The van der Waals surface area contributed by atoms with Gasteiger partial charge in [-0.05, 0) is 0 Å². The standard InChI is InChI=1S/C2H4.Na.H3O4P.H/c1-2;;1-5(2,3)4;/h1-2H2;;(H3,1,2,3,4);/q;+1;;-1. The van der Waals surface area contributed by atoms with Crippen LogP contribution in [0.3, 0.4) is 0 Å². The van der Waals surface area contributed by atoms with Gasteiger partial charge < -0.3 is 16.1 Å². The van der Waals surface area contributed by atoms with E-state index in [-0.39, 0.29) is 31.0 Å². The Morgan fingerprint density at radius 1 is 1.25 bits per heavy atom. The van der Waals surface area contributed by atoms with E-state index in [2.05, 4.69) is 13.2 Å². The van der Waals surface area contributed by atoms with Crippen LogP contribution in [-0.2, 0) is 4.57 Å². The smallest absolute Gasteiger partial charge is 1.00 e. The van der Waals surface area contributed by atoms with Gasteiger partial charge in [0.2, 0.25) is 0 Å². The van der Waals surface area contributed by atoms with Crippen LogP contribution in [0.1, 0.15) is 1.43 Å². The number of phosphoric acid groups is 1. The summed E-state index contributed by atoms with van der Waals surface area (Å²) in [4.78, 5) is 21.6. The maximum atomic E-state index is 8.88. The second kappa shape index (κ2) is 7.85. The third kappa shape index (κ3) is 324. The van der Waals surface area contributed by atoms with Gasteiger partial charge in [-0.15, -0.1) is 13.2 Å². The average molecular weight is 150 g/mol. The van der Waals surface area contributed by atoms with Crippen LogP contribution in [-0.4, -0.2) is 14.7 Å². The van der Waals surface area contributed by atoms with Crippen LogP contribution in [0.15, 0.2) is 13.2 Å². The fourth-order valence-electron chi connectivity index (χ4n) is 0. The fourth-order valence-corrected chi connectivity index (χ4v) is 0. The third-order valence-electron chi connectivity index (χ3n) is 0. The largest absolute Gasteiger partial charge is 1.00 e. The molecule has 0 rings (SSSR count). The monoisotopic (exact) mass is 150 g/mol. The summed E-state index contributed by atoms with van der Waals surface area (Å²) in [5.74, 6) is 0. The van der Waals surface area contributed by atoms with Crippen LogP contribution >= 0.6 is 7.82 Å². The summed E-state index contributed by atoms with van der Waals surface area (Å²) < 4.78 is 8.88. The molecule has 46 valence electrons. The van der Waals surface area contributed by atoms with Gasteiger partial charge in [-0.2, -0.15) is 0 Å². The summed E-state index contributed by atoms with van der Waals surface area (Å²) in [5.41, 5.74) is 0. The molecule has 0 aromatic rings. The van der Waals surface area contributed by atoms with Crippen molar-refractivity contribution < 1.29 is 50.2 Å². The molecular weight excluding hydrogens is 142 g/mol. The van der Waals surface area contributed by atoms with E-state index in [0.717, 1.165) is 0 Å². The molecule has 0 aliphatic rings. The molecule has 8 heavy (non-hydrogen) atoms. The van der Waals surface area contributed by atoms with E-state index in [0.29, 0.717) is 0 Å². The molecule has 0 atom stereocenters. The van der Waals surface area contributed by atoms with Crippen LogP contribution in [0.4, 0.5) is 0 Å². The van der Waals surface area contributed by atoms with Crippen LogP contribution < -0.4 is 29.6 Å². The predicted octanol–water partition coefficient (Wildman–Crippen LogP) is -3.01. The molecule has 0 aliphatic carbocycles. The second-order valence-electron chi connectivity index (χ2n) is 0.513. The van der Waals surface area contributed by atoms with E-state index >= 15 is 0 Å². The first-order valence-corrected chi connectivity index (χ1v) is 2.85. The molecule has 0 saturated heterocycles. The fraction of sp³-hybridized carbons (Fsp3) is 0. The van der Waals surface area contributed by atoms with Crippen molar-refractivity contribution in [2.24, 2.45) is 0 Å². The van der Waals surface area contributed by atoms with Crippen molar-refractivity contribution in [3.05, 3.63) is 13.2 Å². The Bertz CT molecular complexity index is 74.4. The van der Waals surface area contributed by atoms with Gasteiger partial charge >= 0.3 is 37.4 Å². The first kappa shape index (κ1) is 15.9. The molecule has 6 heteroatoms. The zero-order chi connectivity index (χ0) is 6.50. The summed E-state index contributed by atoms with van der Waals surface area (Å²) >= 11 is 0. The van der Waals surface area contributed by atoms with E-state index < -0.39 is 7.82 Å². The minimum Gasteiger partial charge on any atom is -1.00 e. The molecule has 0 radical (unpaired) electrons. The maximum Gasteiger partial charge on any atom is 1.00 e. The van der Waals surface area contributed by atoms with E-state index in [9.17, 15) is 0 Å². The first-order valence-electron chi connectivity index (χ1n) is 1.28. The van der Waals surface area contributed by atoms with Gasteiger partial charge in [0.1, 0.15) is 0 Å². The molecule has 0 aromatic carbocycles. The van der Waals surface area contributed by atoms with Crippen molar-refractivity contribution in [3.8, 4) is 0 Å². The molecule has 3 N–H and O–H groups in total. The van der Waals surface area contributed by atoms with Gasteiger partial charge in [-0.25, -0.2) is 4.57 Å². The molecule has 0 aliphatic heterocycles. The molecular formula is C2H8NaO4P. The van der Waals surface area contributed by atoms with Crippen LogP contribution in [0.5, 0.6) is 0 Å². The summed E-state index contributed by atoms with van der Waals surface area (Å²) in [7, 11) is -4.64. The molecule has 0 fully saturated rings. The third-order valence-corrected chi connectivity index (χ3v) is 0. The van der Waals surface area contributed by atoms with Crippen LogP contribution in [0.2, 0.25) is 0 Å². The molecule has 4 nitrogen and oxygen atoms in total. The van der Waals surface area contributed by atoms with E-state index in [1.54, 1.807) is 0 Å². The molecule has 0 unspecified atom stereocenters. The van der Waals surface area contributed by atoms with Crippen molar-refractivity contribution in [2.75, 3.05) is 0 Å². The van der Waals surface area contributed by atoms with Gasteiger partial charge in [0, 0.05) is 0 Å². The van der Waals surface area contributed by atoms with Crippen molar-refractivity contribution in [2.45, 2.75) is 0 Å². The zero-order valence-corrected chi connectivity index (χ0v) is 7.51. The van der Waals surface area contributed by atoms with Crippen molar-refractivity contribution >= 4 is 7.82 Å². The summed E-state index contributed by atoms with van der Waals surface area (Å²) in [5, 5.41) is 0. The molecule has 0 heterocycles. The number of rotatable bonds is 0. The van der Waals surface area contributed by atoms with Crippen molar-refractivity contribution in [3.63, 3.8) is 0 Å². The SMILES string of the molecule is C=C.O=P(O)(O)O.[H-].[Na+]. The van der Waals surface area contributed by atoms with Crippen molar-refractivity contribution in [1.29, 1.82) is 0 Å². The van der Waals surface area contributed by atoms with E-state index in [4.69, 9.17) is 19.2 Å². The Balaban J connectivity index is -0.0000000286. The molecule has 0 amide bonds. The normalized spacial score (nSPS) is 7.88. The topological polar surface area (TPSA) is 77.8 Å². The van der Waals surface area contributed by atoms with Gasteiger partial charge in [0.05, 0.1) is 0 Å². The summed E-state index contributed by atoms with van der Waals surface area (Å²) in [6.07, 6.45) is 0.